The molecule has 78 valence electrons. The Morgan fingerprint density at radius 1 is 1.15 bits per heavy atom. The molecule has 3 nitrogen and oxygen atoms in total. The lowest BCUT2D eigenvalue weighted by Crippen LogP contribution is -2.05. The van der Waals surface area contributed by atoms with E-state index in [1.54, 1.807) is 7.11 Å². The zero-order valence-electron chi connectivity index (χ0n) is 8.67. The number of carbonyl (C=O) groups is 1. The number of rotatable bonds is 8. The lowest BCUT2D eigenvalue weighted by atomic mass is 10.2. The summed E-state index contributed by atoms with van der Waals surface area (Å²) in [7, 11) is 1.70. The molecular formula is C10H20O3. The molecule has 0 bridgehead atoms. The van der Waals surface area contributed by atoms with Gasteiger partial charge in [-0.3, -0.25) is 4.79 Å². The van der Waals surface area contributed by atoms with Crippen LogP contribution in [0.3, 0.4) is 0 Å². The topological polar surface area (TPSA) is 35.5 Å². The maximum absolute atomic E-state index is 10.9. The highest BCUT2D eigenvalue weighted by molar-refractivity contribution is 5.69. The molecular weight excluding hydrogens is 168 g/mol. The highest BCUT2D eigenvalue weighted by Gasteiger charge is 1.99. The molecule has 0 N–H and O–H groups in total. The average Bonchev–Trinajstić information content (AvgIpc) is 2.11. The lowest BCUT2D eigenvalue weighted by Gasteiger charge is -2.03. The van der Waals surface area contributed by atoms with Crippen LogP contribution in [0.2, 0.25) is 0 Å². The van der Waals surface area contributed by atoms with Crippen LogP contribution in [0.1, 0.15) is 39.0 Å². The van der Waals surface area contributed by atoms with Crippen LogP contribution in [0.4, 0.5) is 0 Å². The Bertz CT molecular complexity index is 123. The summed E-state index contributed by atoms with van der Waals surface area (Å²) < 4.78 is 9.88. The van der Waals surface area contributed by atoms with Crippen LogP contribution >= 0.6 is 0 Å². The molecule has 0 saturated heterocycles. The van der Waals surface area contributed by atoms with E-state index >= 15 is 0 Å². The quantitative estimate of drug-likeness (QED) is 0.432. The summed E-state index contributed by atoms with van der Waals surface area (Å²) in [5.41, 5.74) is 0. The molecule has 0 heterocycles. The van der Waals surface area contributed by atoms with E-state index in [1.807, 2.05) is 6.92 Å². The van der Waals surface area contributed by atoms with Crippen molar-refractivity contribution in [3.05, 3.63) is 0 Å². The van der Waals surface area contributed by atoms with Gasteiger partial charge in [0.05, 0.1) is 6.61 Å². The van der Waals surface area contributed by atoms with Crippen molar-refractivity contribution in [1.82, 2.24) is 0 Å². The molecule has 13 heavy (non-hydrogen) atoms. The first-order chi connectivity index (χ1) is 6.31. The highest BCUT2D eigenvalue weighted by atomic mass is 16.5. The van der Waals surface area contributed by atoms with Crippen LogP contribution < -0.4 is 0 Å². The lowest BCUT2D eigenvalue weighted by molar-refractivity contribution is -0.143. The Morgan fingerprint density at radius 3 is 2.46 bits per heavy atom. The van der Waals surface area contributed by atoms with Gasteiger partial charge in [-0.05, 0) is 25.7 Å². The largest absolute Gasteiger partial charge is 0.466 e. The van der Waals surface area contributed by atoms with Gasteiger partial charge in [-0.2, -0.15) is 0 Å². The van der Waals surface area contributed by atoms with Gasteiger partial charge in [0, 0.05) is 20.1 Å². The molecule has 0 aromatic heterocycles. The van der Waals surface area contributed by atoms with Crippen molar-refractivity contribution in [2.75, 3.05) is 20.3 Å². The van der Waals surface area contributed by atoms with Crippen molar-refractivity contribution in [3.63, 3.8) is 0 Å². The van der Waals surface area contributed by atoms with Crippen LogP contribution in [0.15, 0.2) is 0 Å². The molecule has 0 aromatic rings. The molecule has 0 aliphatic carbocycles. The molecule has 0 saturated carbocycles. The molecule has 0 aliphatic heterocycles. The van der Waals surface area contributed by atoms with Gasteiger partial charge in [-0.15, -0.1) is 0 Å². The Morgan fingerprint density at radius 2 is 1.85 bits per heavy atom. The van der Waals surface area contributed by atoms with Crippen molar-refractivity contribution in [2.24, 2.45) is 0 Å². The van der Waals surface area contributed by atoms with Crippen LogP contribution in [0.5, 0.6) is 0 Å². The highest BCUT2D eigenvalue weighted by Crippen LogP contribution is 1.98. The molecule has 0 radical (unpaired) electrons. The van der Waals surface area contributed by atoms with Crippen molar-refractivity contribution in [2.45, 2.75) is 39.0 Å². The fraction of sp³-hybridized carbons (Fsp3) is 0.900. The maximum Gasteiger partial charge on any atom is 0.305 e. The predicted octanol–water partition coefficient (Wildman–Crippen LogP) is 2.15. The number of hydrogen-bond donors (Lipinski definition) is 0. The Balaban J connectivity index is 3.02. The smallest absolute Gasteiger partial charge is 0.305 e. The van der Waals surface area contributed by atoms with Gasteiger partial charge >= 0.3 is 5.97 Å². The average molecular weight is 188 g/mol. The van der Waals surface area contributed by atoms with Crippen LogP contribution in [-0.4, -0.2) is 26.3 Å². The number of hydrogen-bond acceptors (Lipinski definition) is 3. The third-order valence-corrected chi connectivity index (χ3v) is 1.71. The van der Waals surface area contributed by atoms with Gasteiger partial charge in [0.1, 0.15) is 0 Å². The first kappa shape index (κ1) is 12.4. The van der Waals surface area contributed by atoms with Crippen LogP contribution in [0.25, 0.3) is 0 Å². The molecule has 0 atom stereocenters. The van der Waals surface area contributed by atoms with E-state index in [1.165, 1.54) is 0 Å². The third-order valence-electron chi connectivity index (χ3n) is 1.71. The third kappa shape index (κ3) is 9.34. The number of carbonyl (C=O) groups excluding carboxylic acids is 1. The van der Waals surface area contributed by atoms with E-state index in [9.17, 15) is 4.79 Å². The summed E-state index contributed by atoms with van der Waals surface area (Å²) in [6, 6.07) is 0. The Kier molecular flexibility index (Phi) is 9.10. The summed E-state index contributed by atoms with van der Waals surface area (Å²) in [4.78, 5) is 10.9. The summed E-state index contributed by atoms with van der Waals surface area (Å²) in [6.45, 7) is 3.32. The number of methoxy groups -OCH3 is 1. The summed E-state index contributed by atoms with van der Waals surface area (Å²) in [5.74, 6) is -0.0748. The van der Waals surface area contributed by atoms with Gasteiger partial charge < -0.3 is 9.47 Å². The van der Waals surface area contributed by atoms with Gasteiger partial charge in [0.15, 0.2) is 0 Å². The molecule has 0 aliphatic rings. The molecule has 0 rings (SSSR count). The van der Waals surface area contributed by atoms with Crippen LogP contribution in [-0.2, 0) is 14.3 Å². The van der Waals surface area contributed by atoms with Gasteiger partial charge in [0.2, 0.25) is 0 Å². The minimum Gasteiger partial charge on any atom is -0.466 e. The summed E-state index contributed by atoms with van der Waals surface area (Å²) in [5, 5.41) is 0. The molecule has 0 aromatic carbocycles. The zero-order valence-corrected chi connectivity index (χ0v) is 8.67. The van der Waals surface area contributed by atoms with Gasteiger partial charge in [-0.1, -0.05) is 6.92 Å². The van der Waals surface area contributed by atoms with Crippen LogP contribution in [0, 0.1) is 0 Å². The van der Waals surface area contributed by atoms with Crippen molar-refractivity contribution < 1.29 is 14.3 Å². The fourth-order valence-corrected chi connectivity index (χ4v) is 0.988. The molecule has 0 unspecified atom stereocenters. The van der Waals surface area contributed by atoms with Crippen molar-refractivity contribution in [1.29, 1.82) is 0 Å². The molecule has 0 spiro atoms. The standard InChI is InChI=1S/C10H20O3/c1-3-7-10(11)13-9-6-4-5-8-12-2/h3-9H2,1-2H3. The Labute approximate surface area is 80.4 Å². The van der Waals surface area contributed by atoms with E-state index < -0.39 is 0 Å². The van der Waals surface area contributed by atoms with E-state index in [0.29, 0.717) is 13.0 Å². The number of unbranched alkanes of at least 4 members (excludes halogenated alkanes) is 2. The van der Waals surface area contributed by atoms with Gasteiger partial charge in [-0.25, -0.2) is 0 Å². The predicted molar refractivity (Wildman–Crippen MR) is 51.6 cm³/mol. The second kappa shape index (κ2) is 9.52. The minimum absolute atomic E-state index is 0.0748. The minimum atomic E-state index is -0.0748. The second-order valence-corrected chi connectivity index (χ2v) is 3.02. The first-order valence-electron chi connectivity index (χ1n) is 4.95. The zero-order chi connectivity index (χ0) is 9.94. The monoisotopic (exact) mass is 188 g/mol. The SMILES string of the molecule is CCCC(=O)OCCCCCOC. The maximum atomic E-state index is 10.9. The van der Waals surface area contributed by atoms with E-state index in [0.717, 1.165) is 32.3 Å². The number of ether oxygens (including phenoxy) is 2. The second-order valence-electron chi connectivity index (χ2n) is 3.02. The van der Waals surface area contributed by atoms with E-state index in [-0.39, 0.29) is 5.97 Å². The van der Waals surface area contributed by atoms with E-state index in [2.05, 4.69) is 0 Å². The number of esters is 1. The summed E-state index contributed by atoms with van der Waals surface area (Å²) in [6.07, 6.45) is 4.45. The molecule has 0 fully saturated rings. The Hall–Kier alpha value is -0.570. The van der Waals surface area contributed by atoms with E-state index in [4.69, 9.17) is 9.47 Å². The fourth-order valence-electron chi connectivity index (χ4n) is 0.988. The van der Waals surface area contributed by atoms with Crippen molar-refractivity contribution >= 4 is 5.97 Å². The normalized spacial score (nSPS) is 10.0. The van der Waals surface area contributed by atoms with Gasteiger partial charge in [0.25, 0.3) is 0 Å². The molecule has 3 heteroatoms. The first-order valence-corrected chi connectivity index (χ1v) is 4.95. The molecule has 0 amide bonds. The summed E-state index contributed by atoms with van der Waals surface area (Å²) >= 11 is 0. The van der Waals surface area contributed by atoms with Crippen molar-refractivity contribution in [3.8, 4) is 0 Å².